The lowest BCUT2D eigenvalue weighted by Crippen LogP contribution is -1.63. The van der Waals surface area contributed by atoms with Crippen LogP contribution in [0.15, 0.2) is 12.3 Å². The van der Waals surface area contributed by atoms with Crippen molar-refractivity contribution in [1.29, 1.82) is 5.26 Å². The Kier molecular flexibility index (Phi) is 2.82. The molecule has 0 fully saturated rings. The predicted molar refractivity (Wildman–Crippen MR) is 46.1 cm³/mol. The van der Waals surface area contributed by atoms with Crippen molar-refractivity contribution in [1.82, 2.24) is 4.98 Å². The van der Waals surface area contributed by atoms with E-state index in [-0.39, 0.29) is 0 Å². The summed E-state index contributed by atoms with van der Waals surface area (Å²) in [5.74, 6) is 0. The second-order valence-corrected chi connectivity index (χ2v) is 3.34. The maximum Gasteiger partial charge on any atom is 0.115 e. The van der Waals surface area contributed by atoms with Gasteiger partial charge in [0.15, 0.2) is 0 Å². The predicted octanol–water partition coefficient (Wildman–Crippen LogP) is 2.38. The molecular weight excluding hydrogens is 156 g/mol. The van der Waals surface area contributed by atoms with Gasteiger partial charge in [0, 0.05) is 11.1 Å². The van der Waals surface area contributed by atoms with Crippen LogP contribution in [-0.2, 0) is 0 Å². The second kappa shape index (κ2) is 3.89. The molecule has 0 spiro atoms. The Bertz CT molecular complexity index is 293. The number of aromatic nitrogens is 1. The average molecular weight is 164 g/mol. The van der Waals surface area contributed by atoms with E-state index in [9.17, 15) is 0 Å². The van der Waals surface area contributed by atoms with Gasteiger partial charge in [0.2, 0.25) is 0 Å². The summed E-state index contributed by atoms with van der Waals surface area (Å²) in [4.78, 5) is 5.31. The van der Waals surface area contributed by atoms with Gasteiger partial charge in [-0.1, -0.05) is 6.08 Å². The van der Waals surface area contributed by atoms with Gasteiger partial charge in [0.05, 0.1) is 12.5 Å². The van der Waals surface area contributed by atoms with Crippen LogP contribution in [0.2, 0.25) is 0 Å². The van der Waals surface area contributed by atoms with E-state index in [1.807, 2.05) is 31.3 Å². The highest BCUT2D eigenvalue weighted by Crippen LogP contribution is 2.12. The molecule has 2 nitrogen and oxygen atoms in total. The Hall–Kier alpha value is -1.14. The molecule has 0 bridgehead atoms. The van der Waals surface area contributed by atoms with E-state index in [0.717, 1.165) is 5.01 Å². The molecule has 0 amide bonds. The van der Waals surface area contributed by atoms with Crippen LogP contribution in [0.4, 0.5) is 0 Å². The normalized spacial score (nSPS) is 10.2. The van der Waals surface area contributed by atoms with Gasteiger partial charge in [0.1, 0.15) is 5.01 Å². The molecule has 0 N–H and O–H groups in total. The van der Waals surface area contributed by atoms with E-state index in [1.54, 1.807) is 11.3 Å². The number of hydrogen-bond acceptors (Lipinski definition) is 3. The summed E-state index contributed by atoms with van der Waals surface area (Å²) in [7, 11) is 0. The van der Waals surface area contributed by atoms with E-state index in [1.165, 1.54) is 4.88 Å². The fourth-order valence-electron chi connectivity index (χ4n) is 0.662. The molecule has 0 aliphatic carbocycles. The van der Waals surface area contributed by atoms with Crippen LogP contribution >= 0.6 is 11.3 Å². The van der Waals surface area contributed by atoms with Crippen molar-refractivity contribution in [2.75, 3.05) is 0 Å². The zero-order chi connectivity index (χ0) is 8.10. The summed E-state index contributed by atoms with van der Waals surface area (Å²) < 4.78 is 0. The standard InChI is InChI=1S/C8H8N2S/c1-7-6-10-8(11-7)4-2-3-5-9/h2,4,6H,3H2,1H3. The van der Waals surface area contributed by atoms with E-state index >= 15 is 0 Å². The van der Waals surface area contributed by atoms with Crippen LogP contribution in [0, 0.1) is 18.3 Å². The number of nitrogens with zero attached hydrogens (tertiary/aromatic N) is 2. The Morgan fingerprint density at radius 2 is 2.64 bits per heavy atom. The number of aryl methyl sites for hydroxylation is 1. The molecule has 1 heterocycles. The van der Waals surface area contributed by atoms with Gasteiger partial charge in [-0.05, 0) is 13.0 Å². The van der Waals surface area contributed by atoms with Gasteiger partial charge < -0.3 is 0 Å². The minimum atomic E-state index is 0.457. The lowest BCUT2D eigenvalue weighted by Gasteiger charge is -1.77. The monoisotopic (exact) mass is 164 g/mol. The summed E-state index contributed by atoms with van der Waals surface area (Å²) in [5, 5.41) is 9.20. The number of nitriles is 1. The first-order chi connectivity index (χ1) is 5.33. The lowest BCUT2D eigenvalue weighted by atomic mass is 10.4. The summed E-state index contributed by atoms with van der Waals surface area (Å²) in [5.41, 5.74) is 0. The van der Waals surface area contributed by atoms with Crippen LogP contribution in [0.3, 0.4) is 0 Å². The van der Waals surface area contributed by atoms with E-state index in [4.69, 9.17) is 5.26 Å². The van der Waals surface area contributed by atoms with Gasteiger partial charge in [-0.3, -0.25) is 0 Å². The maximum atomic E-state index is 8.23. The maximum absolute atomic E-state index is 8.23. The molecule has 0 saturated carbocycles. The summed E-state index contributed by atoms with van der Waals surface area (Å²) in [6.45, 7) is 2.01. The van der Waals surface area contributed by atoms with E-state index in [0.29, 0.717) is 6.42 Å². The molecule has 0 unspecified atom stereocenters. The summed E-state index contributed by atoms with van der Waals surface area (Å²) >= 11 is 1.63. The van der Waals surface area contributed by atoms with Crippen LogP contribution in [0.1, 0.15) is 16.3 Å². The SMILES string of the molecule is Cc1cnc(C=CCC#N)s1. The van der Waals surface area contributed by atoms with Gasteiger partial charge >= 0.3 is 0 Å². The summed E-state index contributed by atoms with van der Waals surface area (Å²) in [6, 6.07) is 2.03. The highest BCUT2D eigenvalue weighted by Gasteiger charge is 1.90. The highest BCUT2D eigenvalue weighted by molar-refractivity contribution is 7.12. The molecule has 1 aromatic heterocycles. The second-order valence-electron chi connectivity index (χ2n) is 2.07. The van der Waals surface area contributed by atoms with Crippen LogP contribution in [0.25, 0.3) is 6.08 Å². The Morgan fingerprint density at radius 3 is 3.18 bits per heavy atom. The molecule has 3 heteroatoms. The van der Waals surface area contributed by atoms with Gasteiger partial charge in [0.25, 0.3) is 0 Å². The quantitative estimate of drug-likeness (QED) is 0.672. The minimum absolute atomic E-state index is 0.457. The van der Waals surface area contributed by atoms with E-state index in [2.05, 4.69) is 4.98 Å². The Labute approximate surface area is 69.8 Å². The van der Waals surface area contributed by atoms with Crippen molar-refractivity contribution in [3.05, 3.63) is 22.2 Å². The van der Waals surface area contributed by atoms with Crippen LogP contribution in [-0.4, -0.2) is 4.98 Å². The molecule has 0 radical (unpaired) electrons. The first kappa shape index (κ1) is 7.96. The van der Waals surface area contributed by atoms with Gasteiger partial charge in [-0.2, -0.15) is 5.26 Å². The smallest absolute Gasteiger partial charge is 0.115 e. The first-order valence-corrected chi connectivity index (χ1v) is 4.10. The van der Waals surface area contributed by atoms with Crippen molar-refractivity contribution in [2.45, 2.75) is 13.3 Å². The van der Waals surface area contributed by atoms with Crippen LogP contribution < -0.4 is 0 Å². The van der Waals surface area contributed by atoms with Crippen molar-refractivity contribution < 1.29 is 0 Å². The highest BCUT2D eigenvalue weighted by atomic mass is 32.1. The van der Waals surface area contributed by atoms with Crippen molar-refractivity contribution in [2.24, 2.45) is 0 Å². The van der Waals surface area contributed by atoms with Crippen molar-refractivity contribution >= 4 is 17.4 Å². The van der Waals surface area contributed by atoms with Gasteiger partial charge in [-0.15, -0.1) is 11.3 Å². The average Bonchev–Trinajstić information content (AvgIpc) is 2.37. The number of rotatable bonds is 2. The minimum Gasteiger partial charge on any atom is -0.245 e. The molecule has 0 aliphatic heterocycles. The Balaban J connectivity index is 2.58. The van der Waals surface area contributed by atoms with Crippen molar-refractivity contribution in [3.63, 3.8) is 0 Å². The Morgan fingerprint density at radius 1 is 1.82 bits per heavy atom. The number of thiazole rings is 1. The molecule has 1 rings (SSSR count). The zero-order valence-electron chi connectivity index (χ0n) is 6.24. The fraction of sp³-hybridized carbons (Fsp3) is 0.250. The molecule has 56 valence electrons. The molecule has 11 heavy (non-hydrogen) atoms. The zero-order valence-corrected chi connectivity index (χ0v) is 7.06. The molecule has 0 atom stereocenters. The van der Waals surface area contributed by atoms with Crippen LogP contribution in [0.5, 0.6) is 0 Å². The molecule has 0 aromatic carbocycles. The molecule has 1 aromatic rings. The molecular formula is C8H8N2S. The molecule has 0 aliphatic rings. The van der Waals surface area contributed by atoms with Gasteiger partial charge in [-0.25, -0.2) is 4.98 Å². The fourth-order valence-corrected chi connectivity index (χ4v) is 1.37. The number of allylic oxidation sites excluding steroid dienone is 1. The first-order valence-electron chi connectivity index (χ1n) is 3.29. The summed E-state index contributed by atoms with van der Waals surface area (Å²) in [6.07, 6.45) is 5.98. The third-order valence-electron chi connectivity index (χ3n) is 1.11. The third kappa shape index (κ3) is 2.52. The van der Waals surface area contributed by atoms with E-state index < -0.39 is 0 Å². The third-order valence-corrected chi connectivity index (χ3v) is 1.99. The lowest BCUT2D eigenvalue weighted by molar-refractivity contribution is 1.34. The largest absolute Gasteiger partial charge is 0.245 e. The topological polar surface area (TPSA) is 36.7 Å². The van der Waals surface area contributed by atoms with Crippen molar-refractivity contribution in [3.8, 4) is 6.07 Å². The number of hydrogen-bond donors (Lipinski definition) is 0. The molecule has 0 saturated heterocycles.